The Morgan fingerprint density at radius 3 is 2.43 bits per heavy atom. The van der Waals surface area contributed by atoms with Gasteiger partial charge >= 0.3 is 0 Å². The van der Waals surface area contributed by atoms with Crippen LogP contribution in [-0.2, 0) is 0 Å². The fourth-order valence-corrected chi connectivity index (χ4v) is 4.88. The maximum Gasteiger partial charge on any atom is 0.230 e. The Bertz CT molecular complexity index is 1060. The highest BCUT2D eigenvalue weighted by Crippen LogP contribution is 2.40. The zero-order valence-electron chi connectivity index (χ0n) is 15.2. The summed E-state index contributed by atoms with van der Waals surface area (Å²) >= 11 is 1.50. The second-order valence-electron chi connectivity index (χ2n) is 6.77. The van der Waals surface area contributed by atoms with Crippen molar-refractivity contribution in [2.24, 2.45) is 0 Å². The topological polar surface area (TPSA) is 69.8 Å². The van der Waals surface area contributed by atoms with E-state index in [0.29, 0.717) is 4.96 Å². The molecule has 1 fully saturated rings. The molecule has 1 aliphatic rings. The average Bonchev–Trinajstić information content (AvgIpc) is 3.34. The molecule has 142 valence electrons. The van der Waals surface area contributed by atoms with Crippen molar-refractivity contribution in [1.29, 1.82) is 0 Å². The van der Waals surface area contributed by atoms with E-state index in [9.17, 15) is 5.11 Å². The van der Waals surface area contributed by atoms with Crippen molar-refractivity contribution in [3.05, 3.63) is 71.5 Å². The van der Waals surface area contributed by atoms with E-state index in [1.165, 1.54) is 22.2 Å². The Hall–Kier alpha value is -2.97. The number of aromatic hydroxyl groups is 1. The minimum Gasteiger partial charge on any atom is -0.492 e. The molecule has 0 radical (unpaired) electrons. The average molecular weight is 392 g/mol. The van der Waals surface area contributed by atoms with Gasteiger partial charge in [-0.1, -0.05) is 47.7 Å². The summed E-state index contributed by atoms with van der Waals surface area (Å²) in [7, 11) is 0. The lowest BCUT2D eigenvalue weighted by molar-refractivity contribution is 0.210. The predicted molar refractivity (Wildman–Crippen MR) is 109 cm³/mol. The van der Waals surface area contributed by atoms with Crippen molar-refractivity contribution in [2.45, 2.75) is 6.04 Å². The normalized spacial score (nSPS) is 16.5. The van der Waals surface area contributed by atoms with Crippen LogP contribution in [0.25, 0.3) is 4.96 Å². The molecule has 4 heterocycles. The molecule has 8 heteroatoms. The molecule has 1 aliphatic heterocycles. The van der Waals surface area contributed by atoms with E-state index in [2.05, 4.69) is 43.1 Å². The van der Waals surface area contributed by atoms with Crippen molar-refractivity contribution in [3.63, 3.8) is 0 Å². The number of benzene rings is 1. The molecular formula is C20H20N6OS. The van der Waals surface area contributed by atoms with Gasteiger partial charge < -0.3 is 10.0 Å². The van der Waals surface area contributed by atoms with Gasteiger partial charge in [-0.05, 0) is 17.7 Å². The van der Waals surface area contributed by atoms with Gasteiger partial charge in [-0.15, -0.1) is 0 Å². The molecule has 1 atom stereocenters. The molecule has 1 aromatic carbocycles. The lowest BCUT2D eigenvalue weighted by Crippen LogP contribution is -2.48. The van der Waals surface area contributed by atoms with Crippen molar-refractivity contribution in [3.8, 4) is 5.88 Å². The van der Waals surface area contributed by atoms with Crippen LogP contribution >= 0.6 is 11.3 Å². The molecule has 0 aliphatic carbocycles. The van der Waals surface area contributed by atoms with Gasteiger partial charge in [0.05, 0.1) is 10.9 Å². The zero-order valence-corrected chi connectivity index (χ0v) is 16.0. The molecule has 4 aromatic rings. The van der Waals surface area contributed by atoms with Crippen LogP contribution in [0.3, 0.4) is 0 Å². The Balaban J connectivity index is 1.46. The molecule has 28 heavy (non-hydrogen) atoms. The van der Waals surface area contributed by atoms with Crippen molar-refractivity contribution < 1.29 is 5.11 Å². The minimum atomic E-state index is -0.0272. The van der Waals surface area contributed by atoms with E-state index in [0.717, 1.165) is 42.4 Å². The van der Waals surface area contributed by atoms with Gasteiger partial charge in [0.2, 0.25) is 10.8 Å². The van der Waals surface area contributed by atoms with Crippen LogP contribution in [0.2, 0.25) is 0 Å². The van der Waals surface area contributed by atoms with E-state index < -0.39 is 0 Å². The van der Waals surface area contributed by atoms with Gasteiger partial charge in [0.1, 0.15) is 12.1 Å². The number of nitrogens with zero attached hydrogens (tertiary/aromatic N) is 6. The monoisotopic (exact) mass is 392 g/mol. The fraction of sp³-hybridized carbons (Fsp3) is 0.250. The molecule has 0 saturated carbocycles. The molecular weight excluding hydrogens is 372 g/mol. The number of aromatic nitrogens is 4. The first-order chi connectivity index (χ1) is 13.8. The number of hydrogen-bond donors (Lipinski definition) is 1. The molecule has 0 amide bonds. The highest BCUT2D eigenvalue weighted by molar-refractivity contribution is 7.17. The maximum absolute atomic E-state index is 10.8. The van der Waals surface area contributed by atoms with Crippen LogP contribution in [-0.4, -0.2) is 55.8 Å². The van der Waals surface area contributed by atoms with E-state index >= 15 is 0 Å². The molecule has 0 bridgehead atoms. The molecule has 7 nitrogen and oxygen atoms in total. The third kappa shape index (κ3) is 3.00. The summed E-state index contributed by atoms with van der Waals surface area (Å²) in [5.74, 6) is 1.19. The van der Waals surface area contributed by atoms with Gasteiger partial charge in [-0.3, -0.25) is 4.90 Å². The summed E-state index contributed by atoms with van der Waals surface area (Å²) in [4.78, 5) is 15.0. The van der Waals surface area contributed by atoms with Gasteiger partial charge in [0, 0.05) is 32.4 Å². The minimum absolute atomic E-state index is 0.0272. The van der Waals surface area contributed by atoms with Gasteiger partial charge in [-0.25, -0.2) is 9.97 Å². The zero-order chi connectivity index (χ0) is 18.9. The second kappa shape index (κ2) is 7.21. The number of anilines is 1. The van der Waals surface area contributed by atoms with Crippen molar-refractivity contribution in [2.75, 3.05) is 31.1 Å². The van der Waals surface area contributed by atoms with Crippen LogP contribution in [0.5, 0.6) is 5.88 Å². The number of hydrogen-bond acceptors (Lipinski definition) is 7. The fourth-order valence-electron chi connectivity index (χ4n) is 3.79. The summed E-state index contributed by atoms with van der Waals surface area (Å²) < 4.78 is 1.51. The number of piperazine rings is 1. The lowest BCUT2D eigenvalue weighted by atomic mass is 10.0. The molecule has 1 saturated heterocycles. The van der Waals surface area contributed by atoms with E-state index in [1.807, 2.05) is 36.5 Å². The van der Waals surface area contributed by atoms with Gasteiger partial charge in [0.15, 0.2) is 0 Å². The number of pyridine rings is 1. The van der Waals surface area contributed by atoms with Gasteiger partial charge in [0.25, 0.3) is 0 Å². The molecule has 1 N–H and O–H groups in total. The van der Waals surface area contributed by atoms with Crippen LogP contribution in [0.1, 0.15) is 16.5 Å². The smallest absolute Gasteiger partial charge is 0.230 e. The number of thiazole rings is 1. The first-order valence-electron chi connectivity index (χ1n) is 9.27. The van der Waals surface area contributed by atoms with Gasteiger partial charge in [-0.2, -0.15) is 9.61 Å². The highest BCUT2D eigenvalue weighted by Gasteiger charge is 2.31. The van der Waals surface area contributed by atoms with Crippen LogP contribution in [0.4, 0.5) is 5.82 Å². The van der Waals surface area contributed by atoms with Crippen LogP contribution < -0.4 is 4.90 Å². The summed E-state index contributed by atoms with van der Waals surface area (Å²) in [6.45, 7) is 3.54. The summed E-state index contributed by atoms with van der Waals surface area (Å²) in [5, 5.41) is 14.9. The van der Waals surface area contributed by atoms with Crippen molar-refractivity contribution in [1.82, 2.24) is 24.5 Å². The maximum atomic E-state index is 10.8. The quantitative estimate of drug-likeness (QED) is 0.576. The summed E-state index contributed by atoms with van der Waals surface area (Å²) in [5.41, 5.74) is 1.16. The second-order valence-corrected chi connectivity index (χ2v) is 7.78. The molecule has 5 rings (SSSR count). The molecule has 0 spiro atoms. The third-order valence-corrected chi connectivity index (χ3v) is 6.24. The van der Waals surface area contributed by atoms with E-state index in [-0.39, 0.29) is 11.9 Å². The summed E-state index contributed by atoms with van der Waals surface area (Å²) in [6.07, 6.45) is 3.30. The first kappa shape index (κ1) is 17.2. The Labute approximate surface area is 166 Å². The van der Waals surface area contributed by atoms with E-state index in [1.54, 1.807) is 0 Å². The Morgan fingerprint density at radius 2 is 1.71 bits per heavy atom. The summed E-state index contributed by atoms with van der Waals surface area (Å²) in [6, 6.07) is 16.3. The van der Waals surface area contributed by atoms with E-state index in [4.69, 9.17) is 0 Å². The Kier molecular flexibility index (Phi) is 4.42. The first-order valence-corrected chi connectivity index (χ1v) is 10.1. The largest absolute Gasteiger partial charge is 0.492 e. The highest BCUT2D eigenvalue weighted by atomic mass is 32.1. The number of fused-ring (bicyclic) bond motifs is 1. The number of rotatable bonds is 4. The lowest BCUT2D eigenvalue weighted by Gasteiger charge is -2.39. The van der Waals surface area contributed by atoms with Crippen molar-refractivity contribution >= 4 is 22.1 Å². The molecule has 3 aromatic heterocycles. The predicted octanol–water partition coefficient (Wildman–Crippen LogP) is 2.80. The molecule has 1 unspecified atom stereocenters. The van der Waals surface area contributed by atoms with Crippen LogP contribution in [0, 0.1) is 0 Å². The van der Waals surface area contributed by atoms with Crippen LogP contribution in [0.15, 0.2) is 61.1 Å². The SMILES string of the molecule is Oc1c(C(c2ccccc2)N2CCN(c3ccccn3)CC2)sc2ncnn12. The Morgan fingerprint density at radius 1 is 0.929 bits per heavy atom. The standard InChI is InChI=1S/C20H20N6OS/c27-19-18(28-20-22-14-23-26(19)20)17(15-6-2-1-3-7-15)25-12-10-24(11-13-25)16-8-4-5-9-21-16/h1-9,14,17,27H,10-13H2. The third-order valence-electron chi connectivity index (χ3n) is 5.16.